The Morgan fingerprint density at radius 3 is 2.30 bits per heavy atom. The lowest BCUT2D eigenvalue weighted by Gasteiger charge is -2.08. The molecule has 2 aromatic rings. The van der Waals surface area contributed by atoms with E-state index in [2.05, 4.69) is 5.32 Å². The van der Waals surface area contributed by atoms with Gasteiger partial charge in [0, 0.05) is 16.1 Å². The summed E-state index contributed by atoms with van der Waals surface area (Å²) in [6.45, 7) is 0. The highest BCUT2D eigenvalue weighted by Gasteiger charge is 2.10. The summed E-state index contributed by atoms with van der Waals surface area (Å²) >= 11 is 10.5. The monoisotopic (exact) mass is 308 g/mol. The largest absolute Gasteiger partial charge is 0.389 e. The van der Waals surface area contributed by atoms with Crippen molar-refractivity contribution >= 4 is 40.4 Å². The molecule has 6 heteroatoms. The topological polar surface area (TPSA) is 55.1 Å². The van der Waals surface area contributed by atoms with E-state index >= 15 is 0 Å². The van der Waals surface area contributed by atoms with Crippen molar-refractivity contribution in [1.82, 2.24) is 0 Å². The zero-order chi connectivity index (χ0) is 14.7. The van der Waals surface area contributed by atoms with Gasteiger partial charge in [0.25, 0.3) is 5.91 Å². The minimum atomic E-state index is -0.599. The number of thiocarbonyl (C=S) groups is 1. The van der Waals surface area contributed by atoms with Gasteiger partial charge in [-0.2, -0.15) is 0 Å². The predicted octanol–water partition coefficient (Wildman–Crippen LogP) is 3.37. The molecule has 0 saturated heterocycles. The summed E-state index contributed by atoms with van der Waals surface area (Å²) in [7, 11) is 0. The fourth-order valence-electron chi connectivity index (χ4n) is 1.57. The van der Waals surface area contributed by atoms with Crippen LogP contribution in [-0.4, -0.2) is 10.9 Å². The van der Waals surface area contributed by atoms with Gasteiger partial charge < -0.3 is 11.1 Å². The van der Waals surface area contributed by atoms with Gasteiger partial charge >= 0.3 is 0 Å². The van der Waals surface area contributed by atoms with Gasteiger partial charge in [-0.3, -0.25) is 4.79 Å². The summed E-state index contributed by atoms with van der Waals surface area (Å²) in [6, 6.07) is 10.4. The summed E-state index contributed by atoms with van der Waals surface area (Å²) in [5, 5.41) is 2.99. The van der Waals surface area contributed by atoms with Crippen molar-refractivity contribution in [3.63, 3.8) is 0 Å². The lowest BCUT2D eigenvalue weighted by Crippen LogP contribution is -2.14. The maximum absolute atomic E-state index is 13.8. The van der Waals surface area contributed by atoms with Crippen LogP contribution in [0.15, 0.2) is 42.5 Å². The number of anilines is 1. The quantitative estimate of drug-likeness (QED) is 0.855. The van der Waals surface area contributed by atoms with Crippen LogP contribution in [0, 0.1) is 5.82 Å². The number of nitrogens with two attached hydrogens (primary N) is 1. The maximum atomic E-state index is 13.8. The molecule has 0 aromatic heterocycles. The fraction of sp³-hybridized carbons (Fsp3) is 0. The Morgan fingerprint density at radius 2 is 1.75 bits per heavy atom. The first-order valence-corrected chi connectivity index (χ1v) is 6.42. The number of nitrogens with one attached hydrogen (secondary N) is 1. The Bertz CT molecular complexity index is 673. The van der Waals surface area contributed by atoms with Crippen molar-refractivity contribution < 1.29 is 9.18 Å². The van der Waals surface area contributed by atoms with E-state index in [9.17, 15) is 9.18 Å². The average Bonchev–Trinajstić information content (AvgIpc) is 2.41. The third-order valence-corrected chi connectivity index (χ3v) is 3.10. The van der Waals surface area contributed by atoms with Crippen LogP contribution in [-0.2, 0) is 0 Å². The second-order valence-corrected chi connectivity index (χ2v) is 4.90. The lowest BCUT2D eigenvalue weighted by molar-refractivity contribution is 0.102. The highest BCUT2D eigenvalue weighted by atomic mass is 35.5. The lowest BCUT2D eigenvalue weighted by atomic mass is 10.1. The minimum Gasteiger partial charge on any atom is -0.389 e. The van der Waals surface area contributed by atoms with Crippen molar-refractivity contribution in [3.05, 3.63) is 64.4 Å². The van der Waals surface area contributed by atoms with Crippen LogP contribution in [0.2, 0.25) is 5.02 Å². The van der Waals surface area contributed by atoms with E-state index in [0.29, 0.717) is 16.1 Å². The van der Waals surface area contributed by atoms with Crippen molar-refractivity contribution in [2.75, 3.05) is 5.32 Å². The van der Waals surface area contributed by atoms with Crippen molar-refractivity contribution in [2.24, 2.45) is 5.73 Å². The third kappa shape index (κ3) is 3.31. The minimum absolute atomic E-state index is 0.0601. The van der Waals surface area contributed by atoms with E-state index in [0.717, 1.165) is 0 Å². The number of benzene rings is 2. The van der Waals surface area contributed by atoms with Crippen LogP contribution in [0.1, 0.15) is 15.9 Å². The summed E-state index contributed by atoms with van der Waals surface area (Å²) in [5.74, 6) is -1.03. The van der Waals surface area contributed by atoms with Crippen molar-refractivity contribution in [2.45, 2.75) is 0 Å². The number of carbonyl (C=O) groups is 1. The number of amides is 1. The van der Waals surface area contributed by atoms with Gasteiger partial charge in [-0.15, -0.1) is 0 Å². The third-order valence-electron chi connectivity index (χ3n) is 2.61. The van der Waals surface area contributed by atoms with Gasteiger partial charge in [-0.05, 0) is 42.5 Å². The van der Waals surface area contributed by atoms with Gasteiger partial charge in [0.1, 0.15) is 10.8 Å². The van der Waals surface area contributed by atoms with E-state index in [-0.39, 0.29) is 10.7 Å². The summed E-state index contributed by atoms with van der Waals surface area (Å²) < 4.78 is 13.8. The normalized spacial score (nSPS) is 10.1. The first kappa shape index (κ1) is 14.4. The van der Waals surface area contributed by atoms with Crippen LogP contribution in [0.25, 0.3) is 0 Å². The summed E-state index contributed by atoms with van der Waals surface area (Å²) in [5.41, 5.74) is 6.25. The van der Waals surface area contributed by atoms with Gasteiger partial charge in [0.2, 0.25) is 0 Å². The Morgan fingerprint density at radius 1 is 1.15 bits per heavy atom. The average molecular weight is 309 g/mol. The molecule has 2 aromatic carbocycles. The number of rotatable bonds is 3. The van der Waals surface area contributed by atoms with Crippen LogP contribution in [0.4, 0.5) is 10.1 Å². The van der Waals surface area contributed by atoms with Gasteiger partial charge in [-0.1, -0.05) is 23.8 Å². The zero-order valence-corrected chi connectivity index (χ0v) is 11.8. The molecule has 0 spiro atoms. The SMILES string of the molecule is NC(=S)c1ccc(NC(=O)c2ccc(Cl)cc2)c(F)c1. The molecule has 20 heavy (non-hydrogen) atoms. The molecule has 0 heterocycles. The van der Waals surface area contributed by atoms with Gasteiger partial charge in [0.05, 0.1) is 5.69 Å². The van der Waals surface area contributed by atoms with E-state index in [1.54, 1.807) is 30.3 Å². The predicted molar refractivity (Wildman–Crippen MR) is 81.7 cm³/mol. The molecule has 0 aliphatic heterocycles. The standard InChI is InChI=1S/C14H10ClFN2OS/c15-10-4-1-8(2-5-10)14(19)18-12-6-3-9(13(17)20)7-11(12)16/h1-7H,(H2,17,20)(H,18,19). The molecule has 1 amide bonds. The van der Waals surface area contributed by atoms with E-state index in [4.69, 9.17) is 29.6 Å². The first-order valence-electron chi connectivity index (χ1n) is 5.63. The molecule has 102 valence electrons. The molecule has 2 rings (SSSR count). The van der Waals surface area contributed by atoms with Crippen LogP contribution in [0.3, 0.4) is 0 Å². The Hall–Kier alpha value is -1.98. The molecule has 0 radical (unpaired) electrons. The number of hydrogen-bond donors (Lipinski definition) is 2. The zero-order valence-electron chi connectivity index (χ0n) is 10.2. The molecule has 3 N–H and O–H groups in total. The van der Waals surface area contributed by atoms with Crippen LogP contribution in [0.5, 0.6) is 0 Å². The molecular formula is C14H10ClFN2OS. The van der Waals surface area contributed by atoms with Crippen molar-refractivity contribution in [3.8, 4) is 0 Å². The molecule has 0 bridgehead atoms. The van der Waals surface area contributed by atoms with E-state index < -0.39 is 11.7 Å². The molecule has 0 atom stereocenters. The smallest absolute Gasteiger partial charge is 0.255 e. The van der Waals surface area contributed by atoms with E-state index in [1.165, 1.54) is 12.1 Å². The highest BCUT2D eigenvalue weighted by Crippen LogP contribution is 2.17. The Balaban J connectivity index is 2.19. The molecule has 3 nitrogen and oxygen atoms in total. The molecule has 0 saturated carbocycles. The van der Waals surface area contributed by atoms with Crippen LogP contribution >= 0.6 is 23.8 Å². The highest BCUT2D eigenvalue weighted by molar-refractivity contribution is 7.80. The second kappa shape index (κ2) is 5.98. The van der Waals surface area contributed by atoms with Crippen LogP contribution < -0.4 is 11.1 Å². The van der Waals surface area contributed by atoms with Gasteiger partial charge in [0.15, 0.2) is 0 Å². The van der Waals surface area contributed by atoms with Crippen molar-refractivity contribution in [1.29, 1.82) is 0 Å². The number of hydrogen-bond acceptors (Lipinski definition) is 2. The van der Waals surface area contributed by atoms with Gasteiger partial charge in [-0.25, -0.2) is 4.39 Å². The Labute approximate surface area is 125 Å². The Kier molecular flexibility index (Phi) is 4.32. The number of halogens is 2. The molecule has 0 aliphatic rings. The molecule has 0 fully saturated rings. The number of carbonyl (C=O) groups excluding carboxylic acids is 1. The van der Waals surface area contributed by atoms with E-state index in [1.807, 2.05) is 0 Å². The second-order valence-electron chi connectivity index (χ2n) is 4.02. The fourth-order valence-corrected chi connectivity index (χ4v) is 1.82. The molecule has 0 aliphatic carbocycles. The summed E-state index contributed by atoms with van der Waals surface area (Å²) in [4.78, 5) is 12.0. The molecule has 0 unspecified atom stereocenters. The molecular weight excluding hydrogens is 299 g/mol. The summed E-state index contributed by atoms with van der Waals surface area (Å²) in [6.07, 6.45) is 0. The maximum Gasteiger partial charge on any atom is 0.255 e. The first-order chi connectivity index (χ1) is 9.47.